The molecule has 0 radical (unpaired) electrons. The average Bonchev–Trinajstić information content (AvgIpc) is 1.64. The minimum atomic E-state index is 0.894. The quantitative estimate of drug-likeness (QED) is 0.562. The molecular formula is C8H15N. The van der Waals surface area contributed by atoms with E-state index in [4.69, 9.17) is 5.73 Å². The second-order valence-corrected chi connectivity index (χ2v) is 2.30. The van der Waals surface area contributed by atoms with Gasteiger partial charge in [-0.15, -0.1) is 0 Å². The highest BCUT2D eigenvalue weighted by Crippen LogP contribution is 2.12. The highest BCUT2D eigenvalue weighted by molar-refractivity contribution is 5.28. The van der Waals surface area contributed by atoms with Crippen LogP contribution < -0.4 is 5.73 Å². The molecule has 0 bridgehead atoms. The molecule has 0 aliphatic heterocycles. The van der Waals surface area contributed by atoms with Gasteiger partial charge in [-0.2, -0.15) is 0 Å². The van der Waals surface area contributed by atoms with Crippen LogP contribution in [0.25, 0.3) is 0 Å². The molecule has 0 unspecified atom stereocenters. The minimum Gasteiger partial charge on any atom is -0.402 e. The summed E-state index contributed by atoms with van der Waals surface area (Å²) in [7, 11) is 0. The lowest BCUT2D eigenvalue weighted by Gasteiger charge is -2.04. The molecule has 1 nitrogen and oxygen atoms in total. The maximum atomic E-state index is 5.57. The maximum absolute atomic E-state index is 5.57. The lowest BCUT2D eigenvalue weighted by atomic mass is 10.1. The number of rotatable bonds is 2. The van der Waals surface area contributed by atoms with Crippen molar-refractivity contribution in [1.29, 1.82) is 0 Å². The van der Waals surface area contributed by atoms with Crippen LogP contribution in [0.2, 0.25) is 0 Å². The van der Waals surface area contributed by atoms with E-state index in [1.807, 2.05) is 13.8 Å². The summed E-state index contributed by atoms with van der Waals surface area (Å²) in [6.45, 7) is 9.78. The number of hydrogen-bond donors (Lipinski definition) is 1. The molecule has 0 saturated carbocycles. The third-order valence-corrected chi connectivity index (χ3v) is 1.34. The Morgan fingerprint density at radius 1 is 1.44 bits per heavy atom. The molecule has 1 heteroatoms. The highest BCUT2D eigenvalue weighted by Gasteiger charge is 1.95. The van der Waals surface area contributed by atoms with Crippen LogP contribution in [0.5, 0.6) is 0 Å². The monoisotopic (exact) mass is 125 g/mol. The van der Waals surface area contributed by atoms with E-state index in [-0.39, 0.29) is 0 Å². The van der Waals surface area contributed by atoms with Crippen molar-refractivity contribution in [1.82, 2.24) is 0 Å². The first-order valence-electron chi connectivity index (χ1n) is 3.20. The van der Waals surface area contributed by atoms with Crippen LogP contribution in [0.1, 0.15) is 27.2 Å². The van der Waals surface area contributed by atoms with Gasteiger partial charge < -0.3 is 5.73 Å². The van der Waals surface area contributed by atoms with Crippen molar-refractivity contribution < 1.29 is 0 Å². The summed E-state index contributed by atoms with van der Waals surface area (Å²) in [5, 5.41) is 0. The van der Waals surface area contributed by atoms with Gasteiger partial charge in [-0.25, -0.2) is 0 Å². The van der Waals surface area contributed by atoms with E-state index in [0.717, 1.165) is 17.7 Å². The van der Waals surface area contributed by atoms with Crippen LogP contribution in [0.3, 0.4) is 0 Å². The first-order chi connectivity index (χ1) is 4.09. The summed E-state index contributed by atoms with van der Waals surface area (Å²) in [5.41, 5.74) is 8.73. The van der Waals surface area contributed by atoms with Crippen molar-refractivity contribution in [2.75, 3.05) is 0 Å². The van der Waals surface area contributed by atoms with Crippen LogP contribution in [0.15, 0.2) is 23.4 Å². The Kier molecular flexibility index (Phi) is 3.07. The fourth-order valence-electron chi connectivity index (χ4n) is 0.917. The zero-order chi connectivity index (χ0) is 7.44. The molecule has 0 rings (SSSR count). The molecule has 0 atom stereocenters. The summed E-state index contributed by atoms with van der Waals surface area (Å²) >= 11 is 0. The van der Waals surface area contributed by atoms with Gasteiger partial charge in [-0.3, -0.25) is 0 Å². The summed E-state index contributed by atoms with van der Waals surface area (Å²) in [5.74, 6) is 0. The number of allylic oxidation sites excluding steroid dienone is 3. The van der Waals surface area contributed by atoms with E-state index < -0.39 is 0 Å². The van der Waals surface area contributed by atoms with E-state index in [1.165, 1.54) is 5.57 Å². The summed E-state index contributed by atoms with van der Waals surface area (Å²) < 4.78 is 0. The van der Waals surface area contributed by atoms with Crippen molar-refractivity contribution in [3.05, 3.63) is 23.4 Å². The third-order valence-electron chi connectivity index (χ3n) is 1.34. The van der Waals surface area contributed by atoms with Gasteiger partial charge in [0, 0.05) is 5.70 Å². The van der Waals surface area contributed by atoms with Crippen molar-refractivity contribution in [3.8, 4) is 0 Å². The summed E-state index contributed by atoms with van der Waals surface area (Å²) in [6, 6.07) is 0. The second-order valence-electron chi connectivity index (χ2n) is 2.30. The van der Waals surface area contributed by atoms with Crippen molar-refractivity contribution in [3.63, 3.8) is 0 Å². The van der Waals surface area contributed by atoms with Gasteiger partial charge in [0.15, 0.2) is 0 Å². The van der Waals surface area contributed by atoms with Gasteiger partial charge in [-0.05, 0) is 25.8 Å². The predicted molar refractivity (Wildman–Crippen MR) is 42.0 cm³/mol. The first-order valence-corrected chi connectivity index (χ1v) is 3.20. The van der Waals surface area contributed by atoms with Crippen LogP contribution in [-0.4, -0.2) is 0 Å². The molecule has 0 heterocycles. The lowest BCUT2D eigenvalue weighted by Crippen LogP contribution is -1.97. The van der Waals surface area contributed by atoms with Crippen LogP contribution in [-0.2, 0) is 0 Å². The Morgan fingerprint density at radius 3 is 1.89 bits per heavy atom. The van der Waals surface area contributed by atoms with E-state index in [0.29, 0.717) is 0 Å². The van der Waals surface area contributed by atoms with E-state index >= 15 is 0 Å². The highest BCUT2D eigenvalue weighted by atomic mass is 14.6. The van der Waals surface area contributed by atoms with Gasteiger partial charge in [0.05, 0.1) is 0 Å². The summed E-state index contributed by atoms with van der Waals surface area (Å²) in [6.07, 6.45) is 0.984. The van der Waals surface area contributed by atoms with Gasteiger partial charge in [0.1, 0.15) is 0 Å². The Labute approximate surface area is 57.3 Å². The van der Waals surface area contributed by atoms with Gasteiger partial charge >= 0.3 is 0 Å². The average molecular weight is 125 g/mol. The van der Waals surface area contributed by atoms with Gasteiger partial charge in [0.25, 0.3) is 0 Å². The van der Waals surface area contributed by atoms with E-state index in [1.54, 1.807) is 0 Å². The largest absolute Gasteiger partial charge is 0.402 e. The number of hydrogen-bond acceptors (Lipinski definition) is 1. The molecule has 0 aliphatic carbocycles. The van der Waals surface area contributed by atoms with E-state index in [9.17, 15) is 0 Å². The number of nitrogens with two attached hydrogens (primary N) is 1. The fraction of sp³-hybridized carbons (Fsp3) is 0.500. The molecule has 9 heavy (non-hydrogen) atoms. The lowest BCUT2D eigenvalue weighted by molar-refractivity contribution is 1.05. The van der Waals surface area contributed by atoms with Crippen LogP contribution in [0.4, 0.5) is 0 Å². The van der Waals surface area contributed by atoms with Crippen molar-refractivity contribution >= 4 is 0 Å². The molecule has 0 aliphatic rings. The molecule has 52 valence electrons. The van der Waals surface area contributed by atoms with Gasteiger partial charge in [-0.1, -0.05) is 19.1 Å². The Bertz CT molecular complexity index is 139. The van der Waals surface area contributed by atoms with E-state index in [2.05, 4.69) is 13.5 Å². The minimum absolute atomic E-state index is 0.894. The van der Waals surface area contributed by atoms with Gasteiger partial charge in [0.2, 0.25) is 0 Å². The SMILES string of the molecule is C=C(C)/C(CC)=C(/C)N. The molecule has 2 N–H and O–H groups in total. The fourth-order valence-corrected chi connectivity index (χ4v) is 0.917. The zero-order valence-corrected chi connectivity index (χ0v) is 6.49. The maximum Gasteiger partial charge on any atom is 0.00837 e. The molecule has 0 amide bonds. The molecule has 0 aromatic heterocycles. The van der Waals surface area contributed by atoms with Crippen molar-refractivity contribution in [2.24, 2.45) is 5.73 Å². The second kappa shape index (κ2) is 3.33. The summed E-state index contributed by atoms with van der Waals surface area (Å²) in [4.78, 5) is 0. The predicted octanol–water partition coefficient (Wildman–Crippen LogP) is 2.21. The normalized spacial score (nSPS) is 12.8. The Hall–Kier alpha value is -0.720. The van der Waals surface area contributed by atoms with Crippen LogP contribution >= 0.6 is 0 Å². The Balaban J connectivity index is 4.35. The molecule has 0 fully saturated rings. The zero-order valence-electron chi connectivity index (χ0n) is 6.49. The third kappa shape index (κ3) is 2.36. The smallest absolute Gasteiger partial charge is 0.00837 e. The van der Waals surface area contributed by atoms with Crippen LogP contribution in [0, 0.1) is 0 Å². The topological polar surface area (TPSA) is 26.0 Å². The first kappa shape index (κ1) is 8.28. The van der Waals surface area contributed by atoms with Crippen molar-refractivity contribution in [2.45, 2.75) is 27.2 Å². The molecule has 0 spiro atoms. The molecule has 0 aromatic rings. The molecule has 0 saturated heterocycles. The Morgan fingerprint density at radius 2 is 1.89 bits per heavy atom. The molecular weight excluding hydrogens is 110 g/mol. The molecule has 0 aromatic carbocycles. The standard InChI is InChI=1S/C8H15N/c1-5-8(6(2)3)7(4)9/h2,5,9H2,1,3-4H3/b8-7-.